The predicted octanol–water partition coefficient (Wildman–Crippen LogP) is 2.29. The van der Waals surface area contributed by atoms with E-state index in [2.05, 4.69) is 9.97 Å². The summed E-state index contributed by atoms with van der Waals surface area (Å²) in [5.41, 5.74) is -0.0964. The molecule has 0 aliphatic heterocycles. The number of aromatic amines is 1. The van der Waals surface area contributed by atoms with E-state index in [1.54, 1.807) is 31.3 Å². The molecular weight excluding hydrogens is 273 g/mol. The van der Waals surface area contributed by atoms with Crippen molar-refractivity contribution in [2.75, 3.05) is 14.2 Å². The average Bonchev–Trinajstić information content (AvgIpc) is 2.84. The fourth-order valence-electron chi connectivity index (χ4n) is 3.66. The second-order valence-corrected chi connectivity index (χ2v) is 6.24. The summed E-state index contributed by atoms with van der Waals surface area (Å²) in [6.07, 6.45) is 3.04. The number of alkyl halides is 1. The Bertz CT molecular complexity index is 735. The first-order chi connectivity index (χ1) is 9.96. The first kappa shape index (κ1) is 12.6. The molecule has 0 spiro atoms. The first-order valence-corrected chi connectivity index (χ1v) is 6.95. The Morgan fingerprint density at radius 3 is 2.81 bits per heavy atom. The van der Waals surface area contributed by atoms with E-state index in [0.29, 0.717) is 36.4 Å². The maximum absolute atomic E-state index is 13.6. The number of aromatic nitrogens is 2. The lowest BCUT2D eigenvalue weighted by Gasteiger charge is -2.68. The summed E-state index contributed by atoms with van der Waals surface area (Å²) < 4.78 is 18.8. The predicted molar refractivity (Wildman–Crippen MR) is 75.2 cm³/mol. The zero-order valence-corrected chi connectivity index (χ0v) is 11.9. The van der Waals surface area contributed by atoms with Gasteiger partial charge in [0.1, 0.15) is 16.9 Å². The summed E-state index contributed by atoms with van der Waals surface area (Å²) in [6, 6.07) is 3.61. The van der Waals surface area contributed by atoms with Gasteiger partial charge in [-0.3, -0.25) is 4.79 Å². The van der Waals surface area contributed by atoms with E-state index in [9.17, 15) is 9.18 Å². The van der Waals surface area contributed by atoms with Crippen LogP contribution in [0.3, 0.4) is 0 Å². The molecule has 0 aromatic carbocycles. The average molecular weight is 289 g/mol. The van der Waals surface area contributed by atoms with E-state index in [1.165, 1.54) is 0 Å². The highest BCUT2D eigenvalue weighted by molar-refractivity contribution is 5.99. The molecule has 2 bridgehead atoms. The SMILES string of the molecule is COc1nccc2cc(C(=O)N(C)C34CC(F)(C3)C4)[nH]c12. The Balaban J connectivity index is 1.65. The third-order valence-corrected chi connectivity index (χ3v) is 4.89. The number of rotatable bonds is 3. The van der Waals surface area contributed by atoms with E-state index in [4.69, 9.17) is 4.74 Å². The molecule has 1 N–H and O–H groups in total. The van der Waals surface area contributed by atoms with Gasteiger partial charge in [-0.15, -0.1) is 0 Å². The number of hydrogen-bond donors (Lipinski definition) is 1. The van der Waals surface area contributed by atoms with Crippen LogP contribution in [0.25, 0.3) is 10.9 Å². The third-order valence-electron chi connectivity index (χ3n) is 4.89. The van der Waals surface area contributed by atoms with Crippen LogP contribution in [0.1, 0.15) is 29.8 Å². The topological polar surface area (TPSA) is 58.2 Å². The monoisotopic (exact) mass is 289 g/mol. The second kappa shape index (κ2) is 3.75. The molecule has 3 saturated carbocycles. The number of ether oxygens (including phenoxy) is 1. The van der Waals surface area contributed by atoms with E-state index in [-0.39, 0.29) is 11.4 Å². The van der Waals surface area contributed by atoms with Gasteiger partial charge >= 0.3 is 0 Å². The molecule has 6 heteroatoms. The van der Waals surface area contributed by atoms with Crippen LogP contribution in [0.4, 0.5) is 4.39 Å². The molecule has 0 atom stereocenters. The highest BCUT2D eigenvalue weighted by atomic mass is 19.1. The van der Waals surface area contributed by atoms with E-state index in [1.807, 2.05) is 6.07 Å². The number of carbonyl (C=O) groups excluding carboxylic acids is 1. The number of amides is 1. The number of H-pyrrole nitrogens is 1. The molecule has 110 valence electrons. The van der Waals surface area contributed by atoms with Crippen molar-refractivity contribution in [3.63, 3.8) is 0 Å². The number of nitrogens with zero attached hydrogens (tertiary/aromatic N) is 2. The lowest BCUT2D eigenvalue weighted by molar-refractivity contribution is -0.207. The maximum atomic E-state index is 13.6. The summed E-state index contributed by atoms with van der Waals surface area (Å²) in [4.78, 5) is 21.5. The van der Waals surface area contributed by atoms with Crippen molar-refractivity contribution in [3.8, 4) is 5.88 Å². The molecule has 2 heterocycles. The Hall–Kier alpha value is -2.11. The van der Waals surface area contributed by atoms with Crippen LogP contribution in [0.15, 0.2) is 18.3 Å². The molecule has 3 aliphatic rings. The zero-order chi connectivity index (χ0) is 14.8. The quantitative estimate of drug-likeness (QED) is 0.943. The van der Waals surface area contributed by atoms with E-state index >= 15 is 0 Å². The van der Waals surface area contributed by atoms with Gasteiger partial charge < -0.3 is 14.6 Å². The molecule has 2 aromatic rings. The Labute approximate surface area is 121 Å². The highest BCUT2D eigenvalue weighted by Gasteiger charge is 2.71. The van der Waals surface area contributed by atoms with Gasteiger partial charge in [-0.1, -0.05) is 0 Å². The largest absolute Gasteiger partial charge is 0.479 e. The van der Waals surface area contributed by atoms with Crippen molar-refractivity contribution in [1.82, 2.24) is 14.9 Å². The number of nitrogens with one attached hydrogen (secondary N) is 1. The van der Waals surface area contributed by atoms with Gasteiger partial charge in [0, 0.05) is 37.9 Å². The Morgan fingerprint density at radius 2 is 2.19 bits per heavy atom. The molecule has 0 radical (unpaired) electrons. The zero-order valence-electron chi connectivity index (χ0n) is 11.9. The van der Waals surface area contributed by atoms with Gasteiger partial charge in [0.05, 0.1) is 12.6 Å². The van der Waals surface area contributed by atoms with Crippen LogP contribution >= 0.6 is 0 Å². The molecule has 0 saturated heterocycles. The van der Waals surface area contributed by atoms with Gasteiger partial charge in [0.25, 0.3) is 5.91 Å². The number of carbonyl (C=O) groups is 1. The fourth-order valence-corrected chi connectivity index (χ4v) is 3.66. The van der Waals surface area contributed by atoms with Crippen molar-refractivity contribution in [1.29, 1.82) is 0 Å². The van der Waals surface area contributed by atoms with Crippen LogP contribution in [0, 0.1) is 0 Å². The molecule has 3 fully saturated rings. The number of fused-ring (bicyclic) bond motifs is 1. The highest BCUT2D eigenvalue weighted by Crippen LogP contribution is 2.65. The van der Waals surface area contributed by atoms with Gasteiger partial charge in [0.15, 0.2) is 0 Å². The van der Waals surface area contributed by atoms with Crippen LogP contribution in [-0.4, -0.2) is 46.1 Å². The van der Waals surface area contributed by atoms with Crippen LogP contribution in [-0.2, 0) is 0 Å². The summed E-state index contributed by atoms with van der Waals surface area (Å²) in [5.74, 6) is 0.345. The summed E-state index contributed by atoms with van der Waals surface area (Å²) in [6.45, 7) is 0. The minimum atomic E-state index is -1.01. The number of hydrogen-bond acceptors (Lipinski definition) is 3. The van der Waals surface area contributed by atoms with Gasteiger partial charge in [-0.25, -0.2) is 9.37 Å². The fraction of sp³-hybridized carbons (Fsp3) is 0.467. The number of pyridine rings is 1. The molecule has 3 aliphatic carbocycles. The van der Waals surface area contributed by atoms with Crippen LogP contribution in [0.2, 0.25) is 0 Å². The minimum absolute atomic E-state index is 0.116. The second-order valence-electron chi connectivity index (χ2n) is 6.24. The molecule has 5 nitrogen and oxygen atoms in total. The summed E-state index contributed by atoms with van der Waals surface area (Å²) >= 11 is 0. The number of halogens is 1. The minimum Gasteiger partial charge on any atom is -0.479 e. The van der Waals surface area contributed by atoms with Crippen LogP contribution < -0.4 is 4.74 Å². The van der Waals surface area contributed by atoms with E-state index in [0.717, 1.165) is 5.39 Å². The van der Waals surface area contributed by atoms with Crippen molar-refractivity contribution >= 4 is 16.8 Å². The molecule has 21 heavy (non-hydrogen) atoms. The molecule has 1 amide bonds. The standard InChI is InChI=1S/C15H16FN3O2/c1-19(15-6-14(16,7-15)8-15)13(20)10-5-9-3-4-17-12(21-2)11(9)18-10/h3-5,18H,6-8H2,1-2H3. The molecule has 2 aromatic heterocycles. The van der Waals surface area contributed by atoms with Crippen molar-refractivity contribution in [3.05, 3.63) is 24.0 Å². The van der Waals surface area contributed by atoms with E-state index < -0.39 is 5.67 Å². The summed E-state index contributed by atoms with van der Waals surface area (Å²) in [7, 11) is 3.29. The van der Waals surface area contributed by atoms with Gasteiger partial charge in [-0.2, -0.15) is 0 Å². The normalized spacial score (nSPS) is 29.7. The van der Waals surface area contributed by atoms with Crippen molar-refractivity contribution in [2.45, 2.75) is 30.5 Å². The lowest BCUT2D eigenvalue weighted by atomic mass is 9.47. The molecule has 5 rings (SSSR count). The molecule has 0 unspecified atom stereocenters. The first-order valence-electron chi connectivity index (χ1n) is 6.95. The van der Waals surface area contributed by atoms with Gasteiger partial charge in [0.2, 0.25) is 5.88 Å². The number of methoxy groups -OCH3 is 1. The van der Waals surface area contributed by atoms with Crippen molar-refractivity contribution < 1.29 is 13.9 Å². The van der Waals surface area contributed by atoms with Crippen molar-refractivity contribution in [2.24, 2.45) is 0 Å². The lowest BCUT2D eigenvalue weighted by Crippen LogP contribution is -2.76. The van der Waals surface area contributed by atoms with Gasteiger partial charge in [-0.05, 0) is 12.1 Å². The van der Waals surface area contributed by atoms with Crippen LogP contribution in [0.5, 0.6) is 5.88 Å². The maximum Gasteiger partial charge on any atom is 0.270 e. The molecular formula is C15H16FN3O2. The third kappa shape index (κ3) is 1.56. The summed E-state index contributed by atoms with van der Waals surface area (Å²) in [5, 5.41) is 0.873. The Morgan fingerprint density at radius 1 is 1.48 bits per heavy atom. The Kier molecular flexibility index (Phi) is 2.25. The smallest absolute Gasteiger partial charge is 0.270 e.